The molecule has 0 radical (unpaired) electrons. The summed E-state index contributed by atoms with van der Waals surface area (Å²) in [5.74, 6) is -1.93. The summed E-state index contributed by atoms with van der Waals surface area (Å²) in [6.07, 6.45) is 7.15. The van der Waals surface area contributed by atoms with Crippen molar-refractivity contribution in [3.63, 3.8) is 0 Å². The molecule has 0 aliphatic heterocycles. The maximum absolute atomic E-state index is 12.5. The van der Waals surface area contributed by atoms with E-state index in [1.54, 1.807) is 6.92 Å². The van der Waals surface area contributed by atoms with Crippen LogP contribution in [0, 0.1) is 18.8 Å². The molecule has 1 aromatic rings. The van der Waals surface area contributed by atoms with E-state index >= 15 is 0 Å². The molecule has 9 nitrogen and oxygen atoms in total. The average molecular weight is 483 g/mol. The number of unbranched alkanes of at least 4 members (excludes halogenated alkanes) is 1. The number of esters is 2. The maximum Gasteiger partial charge on any atom is 0.341 e. The topological polar surface area (TPSA) is 134 Å². The summed E-state index contributed by atoms with van der Waals surface area (Å²) < 4.78 is 15.2. The summed E-state index contributed by atoms with van der Waals surface area (Å²) in [5, 5.41) is 2.68. The monoisotopic (exact) mass is 482 g/mol. The molecule has 33 heavy (non-hydrogen) atoms. The van der Waals surface area contributed by atoms with Gasteiger partial charge in [0.05, 0.1) is 23.0 Å². The second-order valence-corrected chi connectivity index (χ2v) is 9.29. The lowest BCUT2D eigenvalue weighted by Gasteiger charge is -2.27. The van der Waals surface area contributed by atoms with Crippen LogP contribution >= 0.6 is 11.3 Å². The van der Waals surface area contributed by atoms with E-state index < -0.39 is 24.4 Å². The number of carbonyl (C=O) groups is 4. The quantitative estimate of drug-likeness (QED) is 0.344. The van der Waals surface area contributed by atoms with Crippen LogP contribution in [0.4, 0.5) is 5.00 Å². The van der Waals surface area contributed by atoms with Crippen LogP contribution in [0.3, 0.4) is 0 Å². The third-order valence-electron chi connectivity index (χ3n) is 5.84. The van der Waals surface area contributed by atoms with Gasteiger partial charge in [0.1, 0.15) is 11.6 Å². The maximum atomic E-state index is 12.5. The minimum absolute atomic E-state index is 0.0161. The Labute approximate surface area is 198 Å². The summed E-state index contributed by atoms with van der Waals surface area (Å²) in [6.45, 7) is 3.47. The number of nitrogens with two attached hydrogens (primary N) is 1. The molecule has 0 atom stereocenters. The lowest BCUT2D eigenvalue weighted by atomic mass is 9.80. The number of hydrogen-bond acceptors (Lipinski definition) is 8. The van der Waals surface area contributed by atoms with Gasteiger partial charge < -0.3 is 25.3 Å². The van der Waals surface area contributed by atoms with Gasteiger partial charge in [0, 0.05) is 7.11 Å². The average Bonchev–Trinajstić information content (AvgIpc) is 3.12. The molecule has 0 aromatic carbocycles. The van der Waals surface area contributed by atoms with Crippen LogP contribution in [0.1, 0.15) is 77.5 Å². The first-order valence-corrected chi connectivity index (χ1v) is 12.2. The van der Waals surface area contributed by atoms with E-state index in [-0.39, 0.29) is 40.5 Å². The molecule has 10 heteroatoms. The molecule has 1 aliphatic carbocycles. The van der Waals surface area contributed by atoms with Gasteiger partial charge >= 0.3 is 11.9 Å². The number of nitrogens with one attached hydrogen (secondary N) is 1. The van der Waals surface area contributed by atoms with E-state index in [2.05, 4.69) is 12.2 Å². The summed E-state index contributed by atoms with van der Waals surface area (Å²) in [6, 6.07) is 0. The van der Waals surface area contributed by atoms with E-state index in [0.717, 1.165) is 37.0 Å². The summed E-state index contributed by atoms with van der Waals surface area (Å²) in [7, 11) is 1.47. The van der Waals surface area contributed by atoms with Crippen LogP contribution in [-0.4, -0.2) is 50.7 Å². The van der Waals surface area contributed by atoms with E-state index in [1.807, 2.05) is 0 Å². The Balaban J connectivity index is 1.93. The molecule has 0 saturated heterocycles. The first kappa shape index (κ1) is 26.8. The van der Waals surface area contributed by atoms with Crippen molar-refractivity contribution < 1.29 is 33.4 Å². The number of ether oxygens (including phenoxy) is 3. The smallest absolute Gasteiger partial charge is 0.341 e. The molecular formula is C23H34N2O7S. The highest BCUT2D eigenvalue weighted by molar-refractivity contribution is 7.18. The summed E-state index contributed by atoms with van der Waals surface area (Å²) in [4.78, 5) is 49.2. The van der Waals surface area contributed by atoms with Gasteiger partial charge in [0.15, 0.2) is 6.61 Å². The van der Waals surface area contributed by atoms with E-state index in [4.69, 9.17) is 19.9 Å². The normalized spacial score (nSPS) is 17.9. The Bertz CT molecular complexity index is 844. The van der Waals surface area contributed by atoms with Crippen LogP contribution in [0.5, 0.6) is 0 Å². The van der Waals surface area contributed by atoms with Gasteiger partial charge in [-0.15, -0.1) is 11.3 Å². The van der Waals surface area contributed by atoms with Crippen molar-refractivity contribution >= 4 is 40.1 Å². The SMILES string of the molecule is CCCCC1CCC(C(=O)OCC(=O)Nc2sc(C(N)=O)c(C)c2C(=O)OCCOC)CC1. The minimum Gasteiger partial charge on any atom is -0.460 e. The van der Waals surface area contributed by atoms with Crippen LogP contribution in [-0.2, 0) is 23.8 Å². The molecular weight excluding hydrogens is 448 g/mol. The number of thiophene rings is 1. The fourth-order valence-electron chi connectivity index (χ4n) is 3.97. The number of amides is 2. The fraction of sp³-hybridized carbons (Fsp3) is 0.652. The van der Waals surface area contributed by atoms with Gasteiger partial charge in [-0.1, -0.05) is 26.2 Å². The molecule has 0 bridgehead atoms. The van der Waals surface area contributed by atoms with Gasteiger partial charge in [0.25, 0.3) is 11.8 Å². The standard InChI is InChI=1S/C23H34N2O7S/c1-4-5-6-15-7-9-16(10-8-15)22(28)32-13-17(26)25-21-18(23(29)31-12-11-30-3)14(2)19(33-21)20(24)27/h15-16H,4-13H2,1-3H3,(H2,24,27)(H,25,26). The molecule has 0 unspecified atom stereocenters. The predicted octanol–water partition coefficient (Wildman–Crippen LogP) is 3.44. The van der Waals surface area contributed by atoms with Crippen molar-refractivity contribution in [2.75, 3.05) is 32.2 Å². The van der Waals surface area contributed by atoms with Crippen LogP contribution in [0.25, 0.3) is 0 Å². The van der Waals surface area contributed by atoms with Gasteiger partial charge in [-0.25, -0.2) is 4.79 Å². The Morgan fingerprint density at radius 2 is 1.79 bits per heavy atom. The lowest BCUT2D eigenvalue weighted by molar-refractivity contribution is -0.152. The Kier molecular flexibility index (Phi) is 10.8. The molecule has 1 aliphatic rings. The number of anilines is 1. The van der Waals surface area contributed by atoms with Gasteiger partial charge in [-0.2, -0.15) is 0 Å². The Hall–Kier alpha value is -2.46. The van der Waals surface area contributed by atoms with Crippen molar-refractivity contribution in [2.24, 2.45) is 17.6 Å². The van der Waals surface area contributed by atoms with Crippen LogP contribution < -0.4 is 11.1 Å². The highest BCUT2D eigenvalue weighted by atomic mass is 32.1. The number of carbonyl (C=O) groups excluding carboxylic acids is 4. The zero-order valence-corrected chi connectivity index (χ0v) is 20.4. The van der Waals surface area contributed by atoms with E-state index in [1.165, 1.54) is 26.4 Å². The van der Waals surface area contributed by atoms with Crippen molar-refractivity contribution in [3.05, 3.63) is 16.0 Å². The summed E-state index contributed by atoms with van der Waals surface area (Å²) >= 11 is 0.880. The molecule has 1 saturated carbocycles. The largest absolute Gasteiger partial charge is 0.460 e. The van der Waals surface area contributed by atoms with Crippen molar-refractivity contribution in [1.29, 1.82) is 0 Å². The summed E-state index contributed by atoms with van der Waals surface area (Å²) in [5.41, 5.74) is 5.76. The zero-order chi connectivity index (χ0) is 24.4. The third kappa shape index (κ3) is 7.82. The van der Waals surface area contributed by atoms with Gasteiger partial charge in [-0.05, 0) is 44.1 Å². The molecule has 1 fully saturated rings. The zero-order valence-electron chi connectivity index (χ0n) is 19.6. The highest BCUT2D eigenvalue weighted by Gasteiger charge is 2.29. The van der Waals surface area contributed by atoms with E-state index in [0.29, 0.717) is 11.5 Å². The molecule has 3 N–H and O–H groups in total. The van der Waals surface area contributed by atoms with E-state index in [9.17, 15) is 19.2 Å². The van der Waals surface area contributed by atoms with Gasteiger partial charge in [-0.3, -0.25) is 14.4 Å². The predicted molar refractivity (Wildman–Crippen MR) is 124 cm³/mol. The first-order valence-electron chi connectivity index (χ1n) is 11.3. The molecule has 184 valence electrons. The fourth-order valence-corrected chi connectivity index (χ4v) is 5.03. The first-order chi connectivity index (χ1) is 15.8. The second kappa shape index (κ2) is 13.3. The number of methoxy groups -OCH3 is 1. The van der Waals surface area contributed by atoms with Gasteiger partial charge in [0.2, 0.25) is 0 Å². The van der Waals surface area contributed by atoms with Crippen LogP contribution in [0.2, 0.25) is 0 Å². The molecule has 1 aromatic heterocycles. The lowest BCUT2D eigenvalue weighted by Crippen LogP contribution is -2.27. The molecule has 2 rings (SSSR count). The second-order valence-electron chi connectivity index (χ2n) is 8.27. The number of hydrogen-bond donors (Lipinski definition) is 2. The Morgan fingerprint density at radius 1 is 1.09 bits per heavy atom. The van der Waals surface area contributed by atoms with Crippen molar-refractivity contribution in [3.8, 4) is 0 Å². The third-order valence-corrected chi connectivity index (χ3v) is 7.06. The van der Waals surface area contributed by atoms with Crippen molar-refractivity contribution in [2.45, 2.75) is 58.8 Å². The molecule has 1 heterocycles. The number of rotatable bonds is 12. The highest BCUT2D eigenvalue weighted by Crippen LogP contribution is 2.34. The van der Waals surface area contributed by atoms with Crippen molar-refractivity contribution in [1.82, 2.24) is 0 Å². The molecule has 0 spiro atoms. The van der Waals surface area contributed by atoms with Crippen LogP contribution in [0.15, 0.2) is 0 Å². The minimum atomic E-state index is -0.718. The molecule has 2 amide bonds. The number of primary amides is 1. The Morgan fingerprint density at radius 3 is 2.39 bits per heavy atom.